The summed E-state index contributed by atoms with van der Waals surface area (Å²) in [6.07, 6.45) is 2.66. The predicted molar refractivity (Wildman–Crippen MR) is 97.9 cm³/mol. The summed E-state index contributed by atoms with van der Waals surface area (Å²) < 4.78 is 32.3. The molecule has 0 aromatic heterocycles. The lowest BCUT2D eigenvalue weighted by Crippen LogP contribution is -2.41. The Balaban J connectivity index is 1.73. The Morgan fingerprint density at radius 1 is 1.21 bits per heavy atom. The molecule has 1 aliphatic rings. The van der Waals surface area contributed by atoms with Crippen LogP contribution in [-0.4, -0.2) is 51.9 Å². The maximum atomic E-state index is 12.2. The lowest BCUT2D eigenvalue weighted by atomic mass is 9.96. The molecule has 0 atom stereocenters. The molecule has 1 aliphatic heterocycles. The van der Waals surface area contributed by atoms with Crippen LogP contribution in [0.15, 0.2) is 24.3 Å². The van der Waals surface area contributed by atoms with Crippen molar-refractivity contribution in [2.75, 3.05) is 32.5 Å². The SMILES string of the molecule is COc1ccc(CCS(=O)(=O)NCC2CCN(C(C)C)CC2)cc1. The molecule has 0 bridgehead atoms. The average molecular weight is 355 g/mol. The highest BCUT2D eigenvalue weighted by molar-refractivity contribution is 7.89. The van der Waals surface area contributed by atoms with Gasteiger partial charge in [0.2, 0.25) is 10.0 Å². The Bertz CT molecular complexity index is 591. The number of hydrogen-bond donors (Lipinski definition) is 1. The third-order valence-electron chi connectivity index (χ3n) is 4.79. The second-order valence-electron chi connectivity index (χ2n) is 6.84. The number of piperidine rings is 1. The Morgan fingerprint density at radius 3 is 2.38 bits per heavy atom. The molecule has 5 nitrogen and oxygen atoms in total. The van der Waals surface area contributed by atoms with Crippen LogP contribution in [0.4, 0.5) is 0 Å². The Hall–Kier alpha value is -1.11. The summed E-state index contributed by atoms with van der Waals surface area (Å²) in [6, 6.07) is 8.12. The number of hydrogen-bond acceptors (Lipinski definition) is 4. The van der Waals surface area contributed by atoms with E-state index in [2.05, 4.69) is 23.5 Å². The van der Waals surface area contributed by atoms with E-state index in [0.29, 0.717) is 24.9 Å². The van der Waals surface area contributed by atoms with Gasteiger partial charge in [-0.2, -0.15) is 0 Å². The molecule has 1 fully saturated rings. The molecule has 0 saturated carbocycles. The minimum atomic E-state index is -3.22. The number of rotatable bonds is 8. The zero-order valence-corrected chi connectivity index (χ0v) is 15.8. The molecule has 1 N–H and O–H groups in total. The third-order valence-corrected chi connectivity index (χ3v) is 6.14. The van der Waals surface area contributed by atoms with E-state index in [1.54, 1.807) is 7.11 Å². The number of likely N-dealkylation sites (tertiary alicyclic amines) is 1. The van der Waals surface area contributed by atoms with Crippen LogP contribution in [0.1, 0.15) is 32.3 Å². The van der Waals surface area contributed by atoms with Crippen molar-refractivity contribution in [2.45, 2.75) is 39.2 Å². The highest BCUT2D eigenvalue weighted by Crippen LogP contribution is 2.18. The normalized spacial score (nSPS) is 17.3. The second-order valence-corrected chi connectivity index (χ2v) is 8.76. The molecule has 1 heterocycles. The van der Waals surface area contributed by atoms with Gasteiger partial charge in [0.05, 0.1) is 12.9 Å². The van der Waals surface area contributed by atoms with Crippen LogP contribution in [0.25, 0.3) is 0 Å². The van der Waals surface area contributed by atoms with E-state index >= 15 is 0 Å². The van der Waals surface area contributed by atoms with E-state index in [1.807, 2.05) is 24.3 Å². The van der Waals surface area contributed by atoms with Gasteiger partial charge in [0, 0.05) is 12.6 Å². The summed E-state index contributed by atoms with van der Waals surface area (Å²) in [6.45, 7) is 7.12. The summed E-state index contributed by atoms with van der Waals surface area (Å²) in [5.74, 6) is 1.37. The van der Waals surface area contributed by atoms with Crippen molar-refractivity contribution in [3.63, 3.8) is 0 Å². The number of sulfonamides is 1. The molecule has 0 unspecified atom stereocenters. The number of nitrogens with zero attached hydrogens (tertiary/aromatic N) is 1. The maximum absolute atomic E-state index is 12.2. The summed E-state index contributed by atoms with van der Waals surface area (Å²) in [7, 11) is -1.60. The number of nitrogens with one attached hydrogen (secondary N) is 1. The standard InChI is InChI=1S/C18H30N2O3S/c1-15(2)20-11-8-17(9-12-20)14-19-24(21,22)13-10-16-4-6-18(23-3)7-5-16/h4-7,15,17,19H,8-14H2,1-3H3. The fourth-order valence-corrected chi connectivity index (χ4v) is 4.17. The van der Waals surface area contributed by atoms with Crippen molar-refractivity contribution in [1.29, 1.82) is 0 Å². The topological polar surface area (TPSA) is 58.6 Å². The molecule has 6 heteroatoms. The van der Waals surface area contributed by atoms with Crippen molar-refractivity contribution in [3.8, 4) is 5.75 Å². The molecular weight excluding hydrogens is 324 g/mol. The second kappa shape index (κ2) is 8.83. The first kappa shape index (κ1) is 19.2. The molecule has 24 heavy (non-hydrogen) atoms. The monoisotopic (exact) mass is 354 g/mol. The third kappa shape index (κ3) is 6.07. The van der Waals surface area contributed by atoms with Gasteiger partial charge in [-0.25, -0.2) is 13.1 Å². The fraction of sp³-hybridized carbons (Fsp3) is 0.667. The van der Waals surface area contributed by atoms with E-state index in [0.717, 1.165) is 37.2 Å². The van der Waals surface area contributed by atoms with Gasteiger partial charge in [0.15, 0.2) is 0 Å². The predicted octanol–water partition coefficient (Wildman–Crippen LogP) is 2.28. The molecule has 136 valence electrons. The van der Waals surface area contributed by atoms with Gasteiger partial charge in [-0.15, -0.1) is 0 Å². The summed E-state index contributed by atoms with van der Waals surface area (Å²) in [5, 5.41) is 0. The number of ether oxygens (including phenoxy) is 1. The molecule has 1 aromatic carbocycles. The van der Waals surface area contributed by atoms with Crippen LogP contribution in [0.2, 0.25) is 0 Å². The van der Waals surface area contributed by atoms with Crippen LogP contribution in [0.5, 0.6) is 5.75 Å². The van der Waals surface area contributed by atoms with Gasteiger partial charge in [-0.3, -0.25) is 0 Å². The molecule has 1 aromatic rings. The van der Waals surface area contributed by atoms with Gasteiger partial charge >= 0.3 is 0 Å². The van der Waals surface area contributed by atoms with E-state index in [-0.39, 0.29) is 5.75 Å². The van der Waals surface area contributed by atoms with Crippen molar-refractivity contribution in [2.24, 2.45) is 5.92 Å². The van der Waals surface area contributed by atoms with E-state index < -0.39 is 10.0 Å². The Labute approximate surface area is 146 Å². The summed E-state index contributed by atoms with van der Waals surface area (Å²) in [5.41, 5.74) is 1.01. The van der Waals surface area contributed by atoms with Crippen molar-refractivity contribution in [1.82, 2.24) is 9.62 Å². The summed E-state index contributed by atoms with van der Waals surface area (Å²) in [4.78, 5) is 2.45. The molecule has 0 spiro atoms. The van der Waals surface area contributed by atoms with E-state index in [1.165, 1.54) is 0 Å². The van der Waals surface area contributed by atoms with Gasteiger partial charge < -0.3 is 9.64 Å². The maximum Gasteiger partial charge on any atom is 0.211 e. The van der Waals surface area contributed by atoms with Gasteiger partial charge in [-0.05, 0) is 69.8 Å². The van der Waals surface area contributed by atoms with E-state index in [4.69, 9.17) is 4.74 Å². The molecular formula is C18H30N2O3S. The fourth-order valence-electron chi connectivity index (χ4n) is 3.03. The van der Waals surface area contributed by atoms with Crippen molar-refractivity contribution in [3.05, 3.63) is 29.8 Å². The smallest absolute Gasteiger partial charge is 0.211 e. The van der Waals surface area contributed by atoms with E-state index in [9.17, 15) is 8.42 Å². The minimum Gasteiger partial charge on any atom is -0.497 e. The largest absolute Gasteiger partial charge is 0.497 e. The Morgan fingerprint density at radius 2 is 1.83 bits per heavy atom. The number of benzene rings is 1. The first-order valence-electron chi connectivity index (χ1n) is 8.74. The molecule has 2 rings (SSSR count). The zero-order chi connectivity index (χ0) is 17.6. The van der Waals surface area contributed by atoms with Crippen LogP contribution in [-0.2, 0) is 16.4 Å². The molecule has 1 saturated heterocycles. The lowest BCUT2D eigenvalue weighted by molar-refractivity contribution is 0.151. The van der Waals surface area contributed by atoms with Crippen molar-refractivity contribution >= 4 is 10.0 Å². The molecule has 0 radical (unpaired) electrons. The van der Waals surface area contributed by atoms with Gasteiger partial charge in [0.25, 0.3) is 0 Å². The number of aryl methyl sites for hydroxylation is 1. The van der Waals surface area contributed by atoms with Crippen LogP contribution in [0, 0.1) is 5.92 Å². The average Bonchev–Trinajstić information content (AvgIpc) is 2.59. The minimum absolute atomic E-state index is 0.129. The van der Waals surface area contributed by atoms with Crippen LogP contribution < -0.4 is 9.46 Å². The van der Waals surface area contributed by atoms with Gasteiger partial charge in [-0.1, -0.05) is 12.1 Å². The van der Waals surface area contributed by atoms with Crippen LogP contribution >= 0.6 is 0 Å². The number of methoxy groups -OCH3 is 1. The molecule has 0 amide bonds. The quantitative estimate of drug-likeness (QED) is 0.778. The first-order valence-corrected chi connectivity index (χ1v) is 10.4. The zero-order valence-electron chi connectivity index (χ0n) is 15.0. The van der Waals surface area contributed by atoms with Gasteiger partial charge in [0.1, 0.15) is 5.75 Å². The Kier molecular flexibility index (Phi) is 7.07. The molecule has 0 aliphatic carbocycles. The van der Waals surface area contributed by atoms with Crippen molar-refractivity contribution < 1.29 is 13.2 Å². The highest BCUT2D eigenvalue weighted by atomic mass is 32.2. The summed E-state index contributed by atoms with van der Waals surface area (Å²) >= 11 is 0. The highest BCUT2D eigenvalue weighted by Gasteiger charge is 2.22. The first-order chi connectivity index (χ1) is 11.4. The lowest BCUT2D eigenvalue weighted by Gasteiger charge is -2.34. The van der Waals surface area contributed by atoms with Crippen LogP contribution in [0.3, 0.4) is 0 Å².